The summed E-state index contributed by atoms with van der Waals surface area (Å²) in [6, 6.07) is 4.38. The zero-order valence-corrected chi connectivity index (χ0v) is 8.93. The van der Waals surface area contributed by atoms with Crippen molar-refractivity contribution in [2.24, 2.45) is 0 Å². The molecular weight excluding hydrogens is 217 g/mol. The highest BCUT2D eigenvalue weighted by Gasteiger charge is 2.19. The van der Waals surface area contributed by atoms with Gasteiger partial charge in [-0.15, -0.1) is 0 Å². The van der Waals surface area contributed by atoms with Crippen molar-refractivity contribution >= 4 is 23.2 Å². The molecular formula is C11H11ClFNO. The summed E-state index contributed by atoms with van der Waals surface area (Å²) in [7, 11) is 0. The third kappa shape index (κ3) is 2.12. The lowest BCUT2D eigenvalue weighted by atomic mass is 10.1. The van der Waals surface area contributed by atoms with Crippen LogP contribution in [0.15, 0.2) is 18.2 Å². The topological polar surface area (TPSA) is 20.3 Å². The highest BCUT2D eigenvalue weighted by molar-refractivity contribution is 6.31. The number of hydrogen-bond donors (Lipinski definition) is 0. The van der Waals surface area contributed by atoms with Crippen molar-refractivity contribution in [3.63, 3.8) is 0 Å². The van der Waals surface area contributed by atoms with E-state index in [9.17, 15) is 9.18 Å². The van der Waals surface area contributed by atoms with Gasteiger partial charge in [0.2, 0.25) is 5.91 Å². The molecule has 2 nitrogen and oxygen atoms in total. The summed E-state index contributed by atoms with van der Waals surface area (Å²) < 4.78 is 12.9. The van der Waals surface area contributed by atoms with Crippen molar-refractivity contribution in [3.8, 4) is 0 Å². The summed E-state index contributed by atoms with van der Waals surface area (Å²) in [6.07, 6.45) is 2.49. The van der Waals surface area contributed by atoms with Crippen LogP contribution in [0.1, 0.15) is 19.3 Å². The fourth-order valence-corrected chi connectivity index (χ4v) is 1.91. The van der Waals surface area contributed by atoms with Crippen molar-refractivity contribution in [3.05, 3.63) is 29.0 Å². The normalized spacial score (nSPS) is 16.9. The molecule has 1 aliphatic heterocycles. The van der Waals surface area contributed by atoms with Crippen LogP contribution in [0.2, 0.25) is 5.02 Å². The van der Waals surface area contributed by atoms with Crippen LogP contribution in [0.25, 0.3) is 0 Å². The maximum Gasteiger partial charge on any atom is 0.226 e. The second-order valence-electron chi connectivity index (χ2n) is 3.60. The van der Waals surface area contributed by atoms with Gasteiger partial charge in [0, 0.05) is 18.7 Å². The number of piperidine rings is 1. The number of benzene rings is 1. The molecule has 1 heterocycles. The van der Waals surface area contributed by atoms with Crippen LogP contribution in [0, 0.1) is 5.82 Å². The van der Waals surface area contributed by atoms with Gasteiger partial charge in [0.05, 0.1) is 5.02 Å². The van der Waals surface area contributed by atoms with Gasteiger partial charge in [0.1, 0.15) is 5.82 Å². The first-order chi connectivity index (χ1) is 7.18. The molecule has 4 heteroatoms. The predicted molar refractivity (Wildman–Crippen MR) is 57.6 cm³/mol. The lowest BCUT2D eigenvalue weighted by molar-refractivity contribution is -0.119. The fraction of sp³-hybridized carbons (Fsp3) is 0.364. The quantitative estimate of drug-likeness (QED) is 0.722. The molecule has 1 aromatic carbocycles. The Hall–Kier alpha value is -1.09. The molecule has 0 unspecified atom stereocenters. The van der Waals surface area contributed by atoms with Gasteiger partial charge >= 0.3 is 0 Å². The maximum absolute atomic E-state index is 12.9. The number of rotatable bonds is 1. The largest absolute Gasteiger partial charge is 0.312 e. The van der Waals surface area contributed by atoms with Gasteiger partial charge < -0.3 is 4.90 Å². The van der Waals surface area contributed by atoms with Crippen LogP contribution >= 0.6 is 11.6 Å². The van der Waals surface area contributed by atoms with Crippen molar-refractivity contribution in [1.29, 1.82) is 0 Å². The Labute approximate surface area is 92.6 Å². The first-order valence-corrected chi connectivity index (χ1v) is 5.32. The molecule has 1 fully saturated rings. The van der Waals surface area contributed by atoms with Crippen LogP contribution in [-0.2, 0) is 4.79 Å². The van der Waals surface area contributed by atoms with Crippen LogP contribution in [0.3, 0.4) is 0 Å². The standard InChI is InChI=1S/C11H11ClFNO/c12-9-7-8(4-5-10(9)13)14-6-2-1-3-11(14)15/h4-5,7H,1-3,6H2. The monoisotopic (exact) mass is 227 g/mol. The van der Waals surface area contributed by atoms with Crippen LogP contribution in [0.4, 0.5) is 10.1 Å². The number of carbonyl (C=O) groups excluding carboxylic acids is 1. The number of amides is 1. The van der Waals surface area contributed by atoms with E-state index >= 15 is 0 Å². The van der Waals surface area contributed by atoms with Gasteiger partial charge in [-0.1, -0.05) is 11.6 Å². The van der Waals surface area contributed by atoms with E-state index in [1.54, 1.807) is 11.0 Å². The van der Waals surface area contributed by atoms with Gasteiger partial charge in [0.25, 0.3) is 0 Å². The maximum atomic E-state index is 12.9. The fourth-order valence-electron chi connectivity index (χ4n) is 1.73. The van der Waals surface area contributed by atoms with Crippen molar-refractivity contribution in [1.82, 2.24) is 0 Å². The molecule has 15 heavy (non-hydrogen) atoms. The number of carbonyl (C=O) groups is 1. The van der Waals surface area contributed by atoms with E-state index in [2.05, 4.69) is 0 Å². The summed E-state index contributed by atoms with van der Waals surface area (Å²) in [5.74, 6) is -0.367. The van der Waals surface area contributed by atoms with Crippen LogP contribution in [-0.4, -0.2) is 12.5 Å². The lowest BCUT2D eigenvalue weighted by Gasteiger charge is -2.26. The smallest absolute Gasteiger partial charge is 0.226 e. The molecule has 80 valence electrons. The zero-order chi connectivity index (χ0) is 10.8. The molecule has 2 rings (SSSR count). The Bertz CT molecular complexity index is 394. The number of hydrogen-bond acceptors (Lipinski definition) is 1. The minimum atomic E-state index is -0.454. The van der Waals surface area contributed by atoms with E-state index in [4.69, 9.17) is 11.6 Å². The molecule has 1 amide bonds. The van der Waals surface area contributed by atoms with Crippen molar-refractivity contribution in [2.75, 3.05) is 11.4 Å². The van der Waals surface area contributed by atoms with Crippen molar-refractivity contribution < 1.29 is 9.18 Å². The third-order valence-corrected chi connectivity index (χ3v) is 2.83. The number of halogens is 2. The minimum Gasteiger partial charge on any atom is -0.312 e. The molecule has 1 saturated heterocycles. The second-order valence-corrected chi connectivity index (χ2v) is 4.01. The SMILES string of the molecule is O=C1CCCCN1c1ccc(F)c(Cl)c1. The van der Waals surface area contributed by atoms with Gasteiger partial charge in [-0.25, -0.2) is 4.39 Å². The van der Waals surface area contributed by atoms with Gasteiger partial charge in [-0.05, 0) is 31.0 Å². The van der Waals surface area contributed by atoms with E-state index in [-0.39, 0.29) is 10.9 Å². The molecule has 0 aromatic heterocycles. The Balaban J connectivity index is 2.28. The summed E-state index contributed by atoms with van der Waals surface area (Å²) in [5, 5.41) is 0.0610. The molecule has 0 aliphatic carbocycles. The number of anilines is 1. The summed E-state index contributed by atoms with van der Waals surface area (Å²) >= 11 is 5.67. The van der Waals surface area contributed by atoms with E-state index in [0.717, 1.165) is 12.8 Å². The molecule has 0 bridgehead atoms. The third-order valence-electron chi connectivity index (χ3n) is 2.54. The van der Waals surface area contributed by atoms with E-state index in [1.807, 2.05) is 0 Å². The molecule has 0 radical (unpaired) electrons. The Kier molecular flexibility index (Phi) is 2.91. The average Bonchev–Trinajstić information content (AvgIpc) is 2.23. The van der Waals surface area contributed by atoms with E-state index in [1.165, 1.54) is 12.1 Å². The summed E-state index contributed by atoms with van der Waals surface area (Å²) in [4.78, 5) is 13.2. The first-order valence-electron chi connectivity index (χ1n) is 4.94. The highest BCUT2D eigenvalue weighted by Crippen LogP contribution is 2.25. The zero-order valence-electron chi connectivity index (χ0n) is 8.17. The summed E-state index contributed by atoms with van der Waals surface area (Å²) in [6.45, 7) is 0.695. The van der Waals surface area contributed by atoms with E-state index < -0.39 is 5.82 Å². The second kappa shape index (κ2) is 4.19. The lowest BCUT2D eigenvalue weighted by Crippen LogP contribution is -2.35. The molecule has 1 aromatic rings. The van der Waals surface area contributed by atoms with Crippen LogP contribution in [0.5, 0.6) is 0 Å². The summed E-state index contributed by atoms with van der Waals surface area (Å²) in [5.41, 5.74) is 0.686. The van der Waals surface area contributed by atoms with Gasteiger partial charge in [0.15, 0.2) is 0 Å². The van der Waals surface area contributed by atoms with Gasteiger partial charge in [-0.3, -0.25) is 4.79 Å². The van der Waals surface area contributed by atoms with E-state index in [0.29, 0.717) is 18.7 Å². The highest BCUT2D eigenvalue weighted by atomic mass is 35.5. The molecule has 0 N–H and O–H groups in total. The molecule has 1 aliphatic rings. The first kappa shape index (κ1) is 10.4. The Morgan fingerprint density at radius 1 is 1.33 bits per heavy atom. The van der Waals surface area contributed by atoms with Crippen LogP contribution < -0.4 is 4.90 Å². The average molecular weight is 228 g/mol. The number of nitrogens with zero attached hydrogens (tertiary/aromatic N) is 1. The van der Waals surface area contributed by atoms with Crippen molar-refractivity contribution in [2.45, 2.75) is 19.3 Å². The molecule has 0 atom stereocenters. The Morgan fingerprint density at radius 2 is 2.13 bits per heavy atom. The predicted octanol–water partition coefficient (Wildman–Crippen LogP) is 3.00. The van der Waals surface area contributed by atoms with Gasteiger partial charge in [-0.2, -0.15) is 0 Å². The Morgan fingerprint density at radius 3 is 2.80 bits per heavy atom. The minimum absolute atomic E-state index is 0.0610. The molecule has 0 spiro atoms. The molecule has 0 saturated carbocycles.